The lowest BCUT2D eigenvalue weighted by atomic mass is 10.00. The maximum atomic E-state index is 11.6. The van der Waals surface area contributed by atoms with Crippen LogP contribution in [0.3, 0.4) is 0 Å². The van der Waals surface area contributed by atoms with Gasteiger partial charge in [-0.1, -0.05) is 11.6 Å². The van der Waals surface area contributed by atoms with Gasteiger partial charge in [0, 0.05) is 12.7 Å². The Hall–Kier alpha value is -1.07. The van der Waals surface area contributed by atoms with Crippen LogP contribution >= 0.6 is 11.6 Å². The van der Waals surface area contributed by atoms with E-state index in [9.17, 15) is 4.79 Å². The summed E-state index contributed by atoms with van der Waals surface area (Å²) in [6.07, 6.45) is 2.17. The highest BCUT2D eigenvalue weighted by Crippen LogP contribution is 2.15. The molecule has 1 heterocycles. The molecule has 0 aliphatic carbocycles. The fourth-order valence-corrected chi connectivity index (χ4v) is 1.50. The number of aryl methyl sites for hydroxylation is 2. The van der Waals surface area contributed by atoms with Crippen LogP contribution in [0.15, 0.2) is 6.20 Å². The Bertz CT molecular complexity index is 382. The Kier molecular flexibility index (Phi) is 4.54. The van der Waals surface area contributed by atoms with Crippen molar-refractivity contribution in [2.24, 2.45) is 5.73 Å². The number of carbonyl (C=O) groups excluding carboxylic acids is 1. The number of hydrogen-bond acceptors (Lipinski definition) is 4. The van der Waals surface area contributed by atoms with Gasteiger partial charge in [-0.05, 0) is 27.2 Å². The Labute approximate surface area is 106 Å². The summed E-state index contributed by atoms with van der Waals surface area (Å²) in [7, 11) is 0. The predicted molar refractivity (Wildman–Crippen MR) is 65.8 cm³/mol. The third-order valence-corrected chi connectivity index (χ3v) is 2.86. The minimum absolute atomic E-state index is 0.332. The zero-order chi connectivity index (χ0) is 13.1. The number of carbonyl (C=O) groups is 1. The molecule has 1 aromatic rings. The van der Waals surface area contributed by atoms with Gasteiger partial charge in [0.15, 0.2) is 0 Å². The summed E-state index contributed by atoms with van der Waals surface area (Å²) in [5, 5.41) is 4.81. The van der Waals surface area contributed by atoms with E-state index in [1.54, 1.807) is 24.7 Å². The van der Waals surface area contributed by atoms with Crippen molar-refractivity contribution in [1.29, 1.82) is 0 Å². The van der Waals surface area contributed by atoms with Crippen molar-refractivity contribution in [2.75, 3.05) is 6.61 Å². The first kappa shape index (κ1) is 14.0. The van der Waals surface area contributed by atoms with E-state index in [0.29, 0.717) is 24.6 Å². The van der Waals surface area contributed by atoms with E-state index in [2.05, 4.69) is 5.10 Å². The molecule has 0 bridgehead atoms. The molecule has 1 rings (SSSR count). The molecule has 6 heteroatoms. The van der Waals surface area contributed by atoms with Crippen molar-refractivity contribution >= 4 is 17.6 Å². The largest absolute Gasteiger partial charge is 0.465 e. The minimum Gasteiger partial charge on any atom is -0.465 e. The molecule has 1 aromatic heterocycles. The molecule has 1 atom stereocenters. The van der Waals surface area contributed by atoms with E-state index in [1.165, 1.54) is 0 Å². The Morgan fingerprint density at radius 1 is 1.71 bits per heavy atom. The number of esters is 1. The van der Waals surface area contributed by atoms with Gasteiger partial charge in [-0.2, -0.15) is 5.10 Å². The van der Waals surface area contributed by atoms with Crippen molar-refractivity contribution in [3.63, 3.8) is 0 Å². The first-order valence-electron chi connectivity index (χ1n) is 5.52. The lowest BCUT2D eigenvalue weighted by Crippen LogP contribution is -2.46. The van der Waals surface area contributed by atoms with Crippen LogP contribution in [0, 0.1) is 6.92 Å². The molecule has 0 fully saturated rings. The van der Waals surface area contributed by atoms with Crippen LogP contribution in [-0.2, 0) is 16.1 Å². The van der Waals surface area contributed by atoms with Gasteiger partial charge in [0.25, 0.3) is 0 Å². The second kappa shape index (κ2) is 5.51. The number of hydrogen-bond donors (Lipinski definition) is 1. The van der Waals surface area contributed by atoms with Crippen LogP contribution in [0.5, 0.6) is 0 Å². The van der Waals surface area contributed by atoms with Crippen LogP contribution in [0.1, 0.15) is 26.0 Å². The van der Waals surface area contributed by atoms with E-state index in [4.69, 9.17) is 22.1 Å². The second-order valence-corrected chi connectivity index (χ2v) is 4.62. The molecule has 17 heavy (non-hydrogen) atoms. The van der Waals surface area contributed by atoms with Gasteiger partial charge in [0.1, 0.15) is 5.54 Å². The van der Waals surface area contributed by atoms with Crippen LogP contribution in [0.4, 0.5) is 0 Å². The van der Waals surface area contributed by atoms with Crippen LogP contribution in [0.2, 0.25) is 5.02 Å². The smallest absolute Gasteiger partial charge is 0.325 e. The molecule has 0 saturated heterocycles. The summed E-state index contributed by atoms with van der Waals surface area (Å²) in [5.41, 5.74) is 5.66. The highest BCUT2D eigenvalue weighted by Gasteiger charge is 2.29. The summed E-state index contributed by atoms with van der Waals surface area (Å²) in [4.78, 5) is 11.6. The van der Waals surface area contributed by atoms with Gasteiger partial charge in [0.05, 0.1) is 17.3 Å². The molecule has 0 aliphatic rings. The second-order valence-electron chi connectivity index (χ2n) is 4.21. The van der Waals surface area contributed by atoms with E-state index in [0.717, 1.165) is 5.69 Å². The summed E-state index contributed by atoms with van der Waals surface area (Å²) in [6.45, 7) is 6.09. The normalized spacial score (nSPS) is 14.4. The van der Waals surface area contributed by atoms with E-state index >= 15 is 0 Å². The standard InChI is InChI=1S/C11H18ClN3O2/c1-4-17-10(16)11(3,13)5-6-15-7-9(12)8(2)14-15/h7H,4-6,13H2,1-3H3. The average molecular weight is 260 g/mol. The maximum Gasteiger partial charge on any atom is 0.325 e. The third kappa shape index (κ3) is 3.71. The highest BCUT2D eigenvalue weighted by atomic mass is 35.5. The lowest BCUT2D eigenvalue weighted by Gasteiger charge is -2.21. The molecule has 0 spiro atoms. The zero-order valence-corrected chi connectivity index (χ0v) is 11.1. The van der Waals surface area contributed by atoms with E-state index in [-0.39, 0.29) is 0 Å². The quantitative estimate of drug-likeness (QED) is 0.814. The molecular weight excluding hydrogens is 242 g/mol. The van der Waals surface area contributed by atoms with Gasteiger partial charge in [-0.25, -0.2) is 0 Å². The molecule has 0 aliphatic heterocycles. The van der Waals surface area contributed by atoms with E-state index in [1.807, 2.05) is 6.92 Å². The minimum atomic E-state index is -0.998. The van der Waals surface area contributed by atoms with Gasteiger partial charge in [0.2, 0.25) is 0 Å². The Morgan fingerprint density at radius 2 is 2.35 bits per heavy atom. The van der Waals surface area contributed by atoms with Crippen molar-refractivity contribution in [2.45, 2.75) is 39.3 Å². The van der Waals surface area contributed by atoms with Gasteiger partial charge < -0.3 is 10.5 Å². The Morgan fingerprint density at radius 3 is 2.82 bits per heavy atom. The zero-order valence-electron chi connectivity index (χ0n) is 10.4. The predicted octanol–water partition coefficient (Wildman–Crippen LogP) is 1.52. The lowest BCUT2D eigenvalue weighted by molar-refractivity contribution is -0.149. The first-order valence-corrected chi connectivity index (χ1v) is 5.90. The number of aromatic nitrogens is 2. The molecule has 2 N–H and O–H groups in total. The van der Waals surface area contributed by atoms with Crippen LogP contribution in [-0.4, -0.2) is 27.9 Å². The number of ether oxygens (including phenoxy) is 1. The van der Waals surface area contributed by atoms with Crippen molar-refractivity contribution < 1.29 is 9.53 Å². The van der Waals surface area contributed by atoms with Gasteiger partial charge in [-0.15, -0.1) is 0 Å². The molecule has 5 nitrogen and oxygen atoms in total. The number of rotatable bonds is 5. The van der Waals surface area contributed by atoms with Gasteiger partial charge in [-0.3, -0.25) is 9.48 Å². The van der Waals surface area contributed by atoms with Crippen LogP contribution in [0.25, 0.3) is 0 Å². The SMILES string of the molecule is CCOC(=O)C(C)(N)CCn1cc(Cl)c(C)n1. The highest BCUT2D eigenvalue weighted by molar-refractivity contribution is 6.31. The summed E-state index contributed by atoms with van der Waals surface area (Å²) in [6, 6.07) is 0. The summed E-state index contributed by atoms with van der Waals surface area (Å²) >= 11 is 5.89. The molecule has 0 radical (unpaired) electrons. The molecule has 96 valence electrons. The van der Waals surface area contributed by atoms with Crippen LogP contribution < -0.4 is 5.73 Å². The molecular formula is C11H18ClN3O2. The van der Waals surface area contributed by atoms with E-state index < -0.39 is 11.5 Å². The average Bonchev–Trinajstić information content (AvgIpc) is 2.56. The number of nitrogens with two attached hydrogens (primary N) is 1. The van der Waals surface area contributed by atoms with Crippen molar-refractivity contribution in [3.8, 4) is 0 Å². The van der Waals surface area contributed by atoms with Gasteiger partial charge >= 0.3 is 5.97 Å². The number of nitrogens with zero attached hydrogens (tertiary/aromatic N) is 2. The summed E-state index contributed by atoms with van der Waals surface area (Å²) < 4.78 is 6.59. The van der Waals surface area contributed by atoms with Crippen molar-refractivity contribution in [3.05, 3.63) is 16.9 Å². The third-order valence-electron chi connectivity index (χ3n) is 2.49. The molecule has 0 saturated carbocycles. The fraction of sp³-hybridized carbons (Fsp3) is 0.636. The maximum absolute atomic E-state index is 11.6. The molecule has 0 aromatic carbocycles. The Balaban J connectivity index is 2.57. The first-order chi connectivity index (χ1) is 7.86. The fourth-order valence-electron chi connectivity index (χ4n) is 1.35. The topological polar surface area (TPSA) is 70.1 Å². The summed E-state index contributed by atoms with van der Waals surface area (Å²) in [5.74, 6) is -0.394. The monoisotopic (exact) mass is 259 g/mol. The molecule has 1 unspecified atom stereocenters. The molecule has 0 amide bonds. The van der Waals surface area contributed by atoms with Crippen molar-refractivity contribution in [1.82, 2.24) is 9.78 Å². The number of halogens is 1.